The first kappa shape index (κ1) is 14.8. The third-order valence-corrected chi connectivity index (χ3v) is 4.35. The van der Waals surface area contributed by atoms with Crippen molar-refractivity contribution in [2.75, 3.05) is 19.6 Å². The van der Waals surface area contributed by atoms with Crippen LogP contribution in [0.1, 0.15) is 38.1 Å². The highest BCUT2D eigenvalue weighted by Crippen LogP contribution is 2.24. The van der Waals surface area contributed by atoms with Crippen LogP contribution < -0.4 is 5.32 Å². The Labute approximate surface area is 121 Å². The van der Waals surface area contributed by atoms with E-state index in [1.807, 2.05) is 11.7 Å². The molecular formula is C14H25ClN4. The molecule has 0 radical (unpaired) electrons. The normalized spacial score (nSPS) is 19.5. The number of hydrogen-bond acceptors (Lipinski definition) is 3. The van der Waals surface area contributed by atoms with Gasteiger partial charge in [0, 0.05) is 26.2 Å². The topological polar surface area (TPSA) is 33.1 Å². The summed E-state index contributed by atoms with van der Waals surface area (Å²) in [6.45, 7) is 8.58. The predicted molar refractivity (Wildman–Crippen MR) is 79.6 cm³/mol. The summed E-state index contributed by atoms with van der Waals surface area (Å²) in [6.07, 6.45) is 3.30. The monoisotopic (exact) mass is 284 g/mol. The zero-order valence-corrected chi connectivity index (χ0v) is 13.0. The number of hydrogen-bond donors (Lipinski definition) is 1. The van der Waals surface area contributed by atoms with Crippen LogP contribution in [0.5, 0.6) is 0 Å². The molecule has 2 rings (SSSR count). The van der Waals surface area contributed by atoms with Gasteiger partial charge >= 0.3 is 0 Å². The predicted octanol–water partition coefficient (Wildman–Crippen LogP) is 2.21. The van der Waals surface area contributed by atoms with Crippen molar-refractivity contribution in [3.8, 4) is 0 Å². The van der Waals surface area contributed by atoms with E-state index in [9.17, 15) is 0 Å². The molecule has 1 aromatic rings. The summed E-state index contributed by atoms with van der Waals surface area (Å²) in [5.41, 5.74) is 2.17. The molecule has 0 aliphatic carbocycles. The van der Waals surface area contributed by atoms with E-state index >= 15 is 0 Å². The number of nitrogens with one attached hydrogen (secondary N) is 1. The van der Waals surface area contributed by atoms with Gasteiger partial charge in [0.1, 0.15) is 0 Å². The Morgan fingerprint density at radius 1 is 1.47 bits per heavy atom. The summed E-state index contributed by atoms with van der Waals surface area (Å²) >= 11 is 6.46. The van der Waals surface area contributed by atoms with Crippen molar-refractivity contribution in [2.24, 2.45) is 7.05 Å². The van der Waals surface area contributed by atoms with Gasteiger partial charge in [0.2, 0.25) is 0 Å². The minimum absolute atomic E-state index is 0.635. The molecule has 4 nitrogen and oxygen atoms in total. The number of aryl methyl sites for hydroxylation is 2. The fourth-order valence-electron chi connectivity index (χ4n) is 2.81. The van der Waals surface area contributed by atoms with Crippen molar-refractivity contribution in [3.05, 3.63) is 16.4 Å². The second-order valence-electron chi connectivity index (χ2n) is 5.30. The third-order valence-electron chi connectivity index (χ3n) is 3.92. The third kappa shape index (κ3) is 3.30. The summed E-state index contributed by atoms with van der Waals surface area (Å²) < 4.78 is 1.95. The molecule has 1 unspecified atom stereocenters. The molecule has 1 saturated heterocycles. The van der Waals surface area contributed by atoms with Crippen molar-refractivity contribution >= 4 is 11.6 Å². The lowest BCUT2D eigenvalue weighted by molar-refractivity contribution is 0.194. The second-order valence-corrected chi connectivity index (χ2v) is 5.68. The first-order valence-electron chi connectivity index (χ1n) is 7.32. The van der Waals surface area contributed by atoms with E-state index in [0.717, 1.165) is 49.0 Å². The van der Waals surface area contributed by atoms with Gasteiger partial charge in [0.15, 0.2) is 0 Å². The zero-order valence-electron chi connectivity index (χ0n) is 12.2. The van der Waals surface area contributed by atoms with Crippen LogP contribution in [0.2, 0.25) is 5.02 Å². The van der Waals surface area contributed by atoms with E-state index in [2.05, 4.69) is 29.2 Å². The second kappa shape index (κ2) is 6.73. The first-order valence-corrected chi connectivity index (χ1v) is 7.70. The van der Waals surface area contributed by atoms with Crippen LogP contribution in [0, 0.1) is 0 Å². The molecule has 19 heavy (non-hydrogen) atoms. The molecule has 1 atom stereocenters. The van der Waals surface area contributed by atoms with Crippen molar-refractivity contribution in [1.29, 1.82) is 0 Å². The van der Waals surface area contributed by atoms with Gasteiger partial charge in [0.05, 0.1) is 16.4 Å². The quantitative estimate of drug-likeness (QED) is 0.869. The largest absolute Gasteiger partial charge is 0.315 e. The Morgan fingerprint density at radius 2 is 2.26 bits per heavy atom. The molecular weight excluding hydrogens is 260 g/mol. The van der Waals surface area contributed by atoms with Crippen LogP contribution in [0.3, 0.4) is 0 Å². The minimum Gasteiger partial charge on any atom is -0.315 e. The van der Waals surface area contributed by atoms with E-state index in [4.69, 9.17) is 11.6 Å². The summed E-state index contributed by atoms with van der Waals surface area (Å²) in [5, 5.41) is 8.81. The lowest BCUT2D eigenvalue weighted by Crippen LogP contribution is -2.37. The maximum atomic E-state index is 6.46. The molecule has 1 N–H and O–H groups in total. The van der Waals surface area contributed by atoms with Gasteiger partial charge in [-0.15, -0.1) is 0 Å². The van der Waals surface area contributed by atoms with Crippen molar-refractivity contribution in [3.63, 3.8) is 0 Å². The van der Waals surface area contributed by atoms with Gasteiger partial charge in [-0.05, 0) is 32.4 Å². The Kier molecular flexibility index (Phi) is 5.25. The van der Waals surface area contributed by atoms with Crippen molar-refractivity contribution in [1.82, 2.24) is 20.0 Å². The molecule has 1 aromatic heterocycles. The van der Waals surface area contributed by atoms with Gasteiger partial charge < -0.3 is 5.32 Å². The molecule has 0 aromatic carbocycles. The lowest BCUT2D eigenvalue weighted by atomic mass is 10.2. The number of rotatable bonds is 6. The zero-order chi connectivity index (χ0) is 13.8. The number of halogens is 1. The fourth-order valence-corrected chi connectivity index (χ4v) is 3.17. The van der Waals surface area contributed by atoms with Gasteiger partial charge in [-0.1, -0.05) is 25.4 Å². The fraction of sp³-hybridized carbons (Fsp3) is 0.786. The Bertz CT molecular complexity index is 410. The van der Waals surface area contributed by atoms with E-state index in [-0.39, 0.29) is 0 Å². The molecule has 1 aliphatic heterocycles. The van der Waals surface area contributed by atoms with E-state index < -0.39 is 0 Å². The average Bonchev–Trinajstić information content (AvgIpc) is 3.01. The minimum atomic E-state index is 0.635. The van der Waals surface area contributed by atoms with Gasteiger partial charge in [0.25, 0.3) is 0 Å². The molecule has 1 aliphatic rings. The van der Waals surface area contributed by atoms with Gasteiger partial charge in [-0.3, -0.25) is 9.58 Å². The van der Waals surface area contributed by atoms with Crippen LogP contribution in [0.4, 0.5) is 0 Å². The lowest BCUT2D eigenvalue weighted by Gasteiger charge is -2.28. The summed E-state index contributed by atoms with van der Waals surface area (Å²) in [4.78, 5) is 2.54. The number of aromatic nitrogens is 2. The van der Waals surface area contributed by atoms with Crippen LogP contribution in [-0.4, -0.2) is 40.4 Å². The Morgan fingerprint density at radius 3 is 2.79 bits per heavy atom. The molecule has 2 heterocycles. The highest BCUT2D eigenvalue weighted by molar-refractivity contribution is 6.31. The van der Waals surface area contributed by atoms with Crippen LogP contribution in [0.15, 0.2) is 0 Å². The summed E-state index contributed by atoms with van der Waals surface area (Å²) in [7, 11) is 2.00. The van der Waals surface area contributed by atoms with Gasteiger partial charge in [-0.2, -0.15) is 5.10 Å². The van der Waals surface area contributed by atoms with Gasteiger partial charge in [-0.25, -0.2) is 0 Å². The van der Waals surface area contributed by atoms with Crippen LogP contribution >= 0.6 is 11.6 Å². The maximum absolute atomic E-state index is 6.46. The molecule has 0 saturated carbocycles. The highest BCUT2D eigenvalue weighted by Gasteiger charge is 2.24. The molecule has 108 valence electrons. The van der Waals surface area contributed by atoms with E-state index in [1.54, 1.807) is 0 Å². The SMILES string of the molecule is CCCN(Cc1c(Cl)c(CC)nn1C)C1CCNC1. The molecule has 1 fully saturated rings. The highest BCUT2D eigenvalue weighted by atomic mass is 35.5. The first-order chi connectivity index (χ1) is 9.17. The molecule has 5 heteroatoms. The number of nitrogens with zero attached hydrogens (tertiary/aromatic N) is 3. The molecule has 0 spiro atoms. The van der Waals surface area contributed by atoms with E-state index in [0.29, 0.717) is 6.04 Å². The average molecular weight is 285 g/mol. The molecule has 0 amide bonds. The smallest absolute Gasteiger partial charge is 0.0863 e. The Balaban J connectivity index is 2.14. The van der Waals surface area contributed by atoms with Crippen LogP contribution in [0.25, 0.3) is 0 Å². The molecule has 0 bridgehead atoms. The summed E-state index contributed by atoms with van der Waals surface area (Å²) in [6, 6.07) is 0.635. The summed E-state index contributed by atoms with van der Waals surface area (Å²) in [5.74, 6) is 0. The van der Waals surface area contributed by atoms with E-state index in [1.165, 1.54) is 12.8 Å². The van der Waals surface area contributed by atoms with Crippen LogP contribution in [-0.2, 0) is 20.0 Å². The Hall–Kier alpha value is -0.580. The van der Waals surface area contributed by atoms with Crippen molar-refractivity contribution < 1.29 is 0 Å². The maximum Gasteiger partial charge on any atom is 0.0863 e. The standard InChI is InChI=1S/C14H25ClN4/c1-4-8-19(11-6-7-16-9-11)10-13-14(15)12(5-2)17-18(13)3/h11,16H,4-10H2,1-3H3. The van der Waals surface area contributed by atoms with Crippen molar-refractivity contribution in [2.45, 2.75) is 45.7 Å².